The molecular weight excluding hydrogens is 418 g/mol. The van der Waals surface area contributed by atoms with Crippen LogP contribution in [0.1, 0.15) is 41.6 Å². The van der Waals surface area contributed by atoms with Crippen LogP contribution in [0.5, 0.6) is 0 Å². The highest BCUT2D eigenvalue weighted by atomic mass is 19.4. The molecule has 3 rings (SSSR count). The van der Waals surface area contributed by atoms with Gasteiger partial charge in [0.2, 0.25) is 0 Å². The Hall–Kier alpha value is -2.30. The number of aliphatic carboxylic acids is 1. The van der Waals surface area contributed by atoms with Crippen molar-refractivity contribution in [2.24, 2.45) is 0 Å². The average molecular weight is 440 g/mol. The van der Waals surface area contributed by atoms with Crippen molar-refractivity contribution in [2.75, 3.05) is 26.7 Å². The maximum absolute atomic E-state index is 12.6. The van der Waals surface area contributed by atoms with Crippen molar-refractivity contribution in [3.8, 4) is 0 Å². The summed E-state index contributed by atoms with van der Waals surface area (Å²) in [4.78, 5) is 25.7. The number of carboxylic acid groups (broad SMARTS) is 1. The second-order valence-corrected chi connectivity index (χ2v) is 7.46. The van der Waals surface area contributed by atoms with Crippen LogP contribution in [0.4, 0.5) is 26.3 Å². The van der Waals surface area contributed by atoms with Crippen LogP contribution in [0.3, 0.4) is 0 Å². The van der Waals surface area contributed by atoms with Gasteiger partial charge in [0.15, 0.2) is 0 Å². The van der Waals surface area contributed by atoms with Crippen LogP contribution in [0.2, 0.25) is 0 Å². The lowest BCUT2D eigenvalue weighted by atomic mass is 9.86. The number of hydrogen-bond acceptors (Lipinski definition) is 3. The molecular formula is C19H22F6N2O3. The molecule has 2 fully saturated rings. The van der Waals surface area contributed by atoms with Gasteiger partial charge in [0.05, 0.1) is 5.56 Å². The van der Waals surface area contributed by atoms with Crippen LogP contribution in [-0.2, 0) is 11.0 Å². The zero-order chi connectivity index (χ0) is 22.7. The second kappa shape index (κ2) is 8.83. The molecule has 5 nitrogen and oxygen atoms in total. The van der Waals surface area contributed by atoms with E-state index in [1.807, 2.05) is 0 Å². The molecule has 11 heteroatoms. The van der Waals surface area contributed by atoms with Gasteiger partial charge in [0.1, 0.15) is 0 Å². The summed E-state index contributed by atoms with van der Waals surface area (Å²) in [6.07, 6.45) is -5.21. The number of alkyl halides is 6. The van der Waals surface area contributed by atoms with Crippen molar-refractivity contribution in [2.45, 2.75) is 43.6 Å². The first-order chi connectivity index (χ1) is 13.8. The molecule has 0 radical (unpaired) electrons. The Balaban J connectivity index is 0.000000396. The first kappa shape index (κ1) is 24.0. The van der Waals surface area contributed by atoms with Gasteiger partial charge in [-0.2, -0.15) is 26.3 Å². The van der Waals surface area contributed by atoms with E-state index in [9.17, 15) is 31.1 Å². The third kappa shape index (κ3) is 5.65. The van der Waals surface area contributed by atoms with Gasteiger partial charge in [-0.25, -0.2) is 4.79 Å². The van der Waals surface area contributed by atoms with Gasteiger partial charge in [0, 0.05) is 24.2 Å². The quantitative estimate of drug-likeness (QED) is 0.670. The van der Waals surface area contributed by atoms with E-state index in [0.717, 1.165) is 44.4 Å². The second-order valence-electron chi connectivity index (χ2n) is 7.46. The van der Waals surface area contributed by atoms with Gasteiger partial charge in [0.25, 0.3) is 5.91 Å². The highest BCUT2D eigenvalue weighted by Crippen LogP contribution is 2.36. The molecule has 1 aromatic carbocycles. The van der Waals surface area contributed by atoms with Crippen LogP contribution >= 0.6 is 0 Å². The Morgan fingerprint density at radius 2 is 1.47 bits per heavy atom. The molecule has 1 unspecified atom stereocenters. The molecule has 1 N–H and O–H groups in total. The summed E-state index contributed by atoms with van der Waals surface area (Å²) in [5.74, 6) is -2.93. The van der Waals surface area contributed by atoms with E-state index in [4.69, 9.17) is 9.90 Å². The molecule has 1 spiro atoms. The Kier molecular flexibility index (Phi) is 7.05. The molecule has 30 heavy (non-hydrogen) atoms. The van der Waals surface area contributed by atoms with Gasteiger partial charge in [-0.3, -0.25) is 9.69 Å². The van der Waals surface area contributed by atoms with E-state index in [2.05, 4.69) is 11.9 Å². The van der Waals surface area contributed by atoms with Gasteiger partial charge < -0.3 is 10.0 Å². The number of hydrogen-bond donors (Lipinski definition) is 1. The van der Waals surface area contributed by atoms with E-state index in [0.29, 0.717) is 18.7 Å². The van der Waals surface area contributed by atoms with Crippen LogP contribution in [0.15, 0.2) is 24.3 Å². The van der Waals surface area contributed by atoms with Crippen LogP contribution < -0.4 is 0 Å². The fourth-order valence-corrected chi connectivity index (χ4v) is 3.86. The Bertz CT molecular complexity index is 763. The number of likely N-dealkylation sites (N-methyl/N-ethyl adjacent to an activating group) is 1. The molecule has 1 amide bonds. The van der Waals surface area contributed by atoms with Crippen LogP contribution in [-0.4, -0.2) is 65.2 Å². The van der Waals surface area contributed by atoms with Crippen molar-refractivity contribution in [1.29, 1.82) is 0 Å². The molecule has 0 aromatic heterocycles. The van der Waals surface area contributed by atoms with Gasteiger partial charge in [-0.1, -0.05) is 0 Å². The summed E-state index contributed by atoms with van der Waals surface area (Å²) in [5, 5.41) is 7.12. The third-order valence-electron chi connectivity index (χ3n) is 5.49. The Morgan fingerprint density at radius 1 is 0.967 bits per heavy atom. The number of rotatable bonds is 1. The highest BCUT2D eigenvalue weighted by molar-refractivity contribution is 5.94. The number of halogens is 6. The number of nitrogens with zero attached hydrogens (tertiary/aromatic N) is 2. The molecule has 0 bridgehead atoms. The standard InChI is InChI=1S/C17H21F3N2O.C2HF3O2/c1-21-10-2-8-16(21)9-3-11-22(12-16)15(23)13-4-6-14(7-5-13)17(18,19)20;3-2(4,5)1(6)7/h4-7H,2-3,8-12H2,1H3;(H,6,7). The predicted octanol–water partition coefficient (Wildman–Crippen LogP) is 4.04. The van der Waals surface area contributed by atoms with Gasteiger partial charge in [-0.05, 0) is 63.5 Å². The van der Waals surface area contributed by atoms with Crippen LogP contribution in [0, 0.1) is 0 Å². The fraction of sp³-hybridized carbons (Fsp3) is 0.579. The number of piperidine rings is 1. The van der Waals surface area contributed by atoms with Crippen molar-refractivity contribution >= 4 is 11.9 Å². The average Bonchev–Trinajstić information content (AvgIpc) is 3.00. The van der Waals surface area contributed by atoms with E-state index in [1.165, 1.54) is 12.1 Å². The number of likely N-dealkylation sites (tertiary alicyclic amines) is 2. The van der Waals surface area contributed by atoms with Crippen molar-refractivity contribution in [3.63, 3.8) is 0 Å². The first-order valence-electron chi connectivity index (χ1n) is 9.24. The molecule has 2 heterocycles. The summed E-state index contributed by atoms with van der Waals surface area (Å²) < 4.78 is 69.6. The molecule has 1 atom stereocenters. The minimum Gasteiger partial charge on any atom is -0.475 e. The zero-order valence-corrected chi connectivity index (χ0v) is 16.2. The number of carboxylic acids is 1. The number of benzene rings is 1. The van der Waals surface area contributed by atoms with Crippen LogP contribution in [0.25, 0.3) is 0 Å². The zero-order valence-electron chi connectivity index (χ0n) is 16.2. The highest BCUT2D eigenvalue weighted by Gasteiger charge is 2.43. The monoisotopic (exact) mass is 440 g/mol. The lowest BCUT2D eigenvalue weighted by Crippen LogP contribution is -2.55. The van der Waals surface area contributed by atoms with Crippen molar-refractivity contribution < 1.29 is 41.0 Å². The minimum absolute atomic E-state index is 0.0554. The normalized spacial score (nSPS) is 22.6. The van der Waals surface area contributed by atoms with E-state index < -0.39 is 23.9 Å². The van der Waals surface area contributed by atoms with E-state index in [-0.39, 0.29) is 11.4 Å². The summed E-state index contributed by atoms with van der Waals surface area (Å²) >= 11 is 0. The third-order valence-corrected chi connectivity index (χ3v) is 5.49. The number of carbonyl (C=O) groups excluding carboxylic acids is 1. The number of amides is 1. The number of carbonyl (C=O) groups is 2. The maximum atomic E-state index is 12.6. The molecule has 2 saturated heterocycles. The first-order valence-corrected chi connectivity index (χ1v) is 9.24. The summed E-state index contributed by atoms with van der Waals surface area (Å²) in [7, 11) is 2.10. The Morgan fingerprint density at radius 3 is 1.90 bits per heavy atom. The minimum atomic E-state index is -5.08. The molecule has 1 aromatic rings. The van der Waals surface area contributed by atoms with Gasteiger partial charge >= 0.3 is 18.3 Å². The van der Waals surface area contributed by atoms with E-state index >= 15 is 0 Å². The molecule has 168 valence electrons. The fourth-order valence-electron chi connectivity index (χ4n) is 3.86. The van der Waals surface area contributed by atoms with Crippen molar-refractivity contribution in [3.05, 3.63) is 35.4 Å². The summed E-state index contributed by atoms with van der Waals surface area (Å²) in [6, 6.07) is 4.53. The van der Waals surface area contributed by atoms with Crippen molar-refractivity contribution in [1.82, 2.24) is 9.80 Å². The largest absolute Gasteiger partial charge is 0.490 e. The molecule has 0 aliphatic carbocycles. The molecule has 2 aliphatic rings. The lowest BCUT2D eigenvalue weighted by molar-refractivity contribution is -0.192. The summed E-state index contributed by atoms with van der Waals surface area (Å²) in [6.45, 7) is 2.39. The molecule has 0 saturated carbocycles. The SMILES string of the molecule is CN1CCCC12CCCN(C(=O)c1ccc(C(F)(F)F)cc1)C2.O=C(O)C(F)(F)F. The maximum Gasteiger partial charge on any atom is 0.490 e. The Labute approximate surface area is 169 Å². The van der Waals surface area contributed by atoms with Gasteiger partial charge in [-0.15, -0.1) is 0 Å². The lowest BCUT2D eigenvalue weighted by Gasteiger charge is -2.44. The summed E-state index contributed by atoms with van der Waals surface area (Å²) in [5.41, 5.74) is -0.338. The molecule has 2 aliphatic heterocycles. The predicted molar refractivity (Wildman–Crippen MR) is 94.9 cm³/mol. The smallest absolute Gasteiger partial charge is 0.475 e. The topological polar surface area (TPSA) is 60.9 Å². The van der Waals surface area contributed by atoms with E-state index in [1.54, 1.807) is 4.90 Å².